The second kappa shape index (κ2) is 9.26. The maximum absolute atomic E-state index is 12.9. The smallest absolute Gasteiger partial charge is 0.251 e. The predicted molar refractivity (Wildman–Crippen MR) is 113 cm³/mol. The lowest BCUT2D eigenvalue weighted by atomic mass is 10.1. The molecule has 1 aliphatic rings. The fourth-order valence-corrected chi connectivity index (χ4v) is 5.04. The molecule has 156 valence electrons. The number of nitrogens with one attached hydrogen (secondary N) is 1. The van der Waals surface area contributed by atoms with Crippen molar-refractivity contribution >= 4 is 27.5 Å². The van der Waals surface area contributed by atoms with Crippen molar-refractivity contribution in [1.29, 1.82) is 0 Å². The molecule has 3 rings (SSSR count). The highest BCUT2D eigenvalue weighted by molar-refractivity contribution is 7.89. The lowest BCUT2D eigenvalue weighted by molar-refractivity contribution is -0.0440. The van der Waals surface area contributed by atoms with Crippen molar-refractivity contribution < 1.29 is 17.9 Å². The summed E-state index contributed by atoms with van der Waals surface area (Å²) < 4.78 is 32.8. The average molecular weight is 437 g/mol. The minimum absolute atomic E-state index is 0.154. The van der Waals surface area contributed by atoms with Gasteiger partial charge in [-0.3, -0.25) is 4.79 Å². The Morgan fingerprint density at radius 1 is 1.07 bits per heavy atom. The lowest BCUT2D eigenvalue weighted by Crippen LogP contribution is -2.48. The SMILES string of the molecule is CC1CN(S(=O)(=O)c2ccc(C(=O)NCCc3ccc(Cl)cc3)cc2)CC(C)O1. The van der Waals surface area contributed by atoms with Crippen molar-refractivity contribution in [3.8, 4) is 0 Å². The number of sulfonamides is 1. The van der Waals surface area contributed by atoms with Crippen LogP contribution in [-0.2, 0) is 21.2 Å². The highest BCUT2D eigenvalue weighted by Gasteiger charge is 2.32. The van der Waals surface area contributed by atoms with Crippen LogP contribution in [-0.4, -0.2) is 50.5 Å². The number of benzene rings is 2. The van der Waals surface area contributed by atoms with Gasteiger partial charge in [0.05, 0.1) is 17.1 Å². The van der Waals surface area contributed by atoms with E-state index in [2.05, 4.69) is 5.32 Å². The summed E-state index contributed by atoms with van der Waals surface area (Å²) in [5.41, 5.74) is 1.49. The molecular weight excluding hydrogens is 412 g/mol. The molecular formula is C21H25ClN2O4S. The Kier molecular flexibility index (Phi) is 6.95. The van der Waals surface area contributed by atoms with Gasteiger partial charge in [-0.25, -0.2) is 8.42 Å². The van der Waals surface area contributed by atoms with Gasteiger partial charge < -0.3 is 10.1 Å². The van der Waals surface area contributed by atoms with Gasteiger partial charge in [-0.2, -0.15) is 4.31 Å². The van der Waals surface area contributed by atoms with Gasteiger partial charge in [0.25, 0.3) is 5.91 Å². The third-order valence-electron chi connectivity index (χ3n) is 4.75. The summed E-state index contributed by atoms with van der Waals surface area (Å²) in [6, 6.07) is 13.5. The molecule has 1 aliphatic heterocycles. The molecule has 2 unspecified atom stereocenters. The first-order chi connectivity index (χ1) is 13.8. The van der Waals surface area contributed by atoms with Crippen LogP contribution in [0.1, 0.15) is 29.8 Å². The lowest BCUT2D eigenvalue weighted by Gasteiger charge is -2.34. The van der Waals surface area contributed by atoms with Gasteiger partial charge in [-0.1, -0.05) is 23.7 Å². The molecule has 2 aromatic rings. The number of nitrogens with zero attached hydrogens (tertiary/aromatic N) is 1. The molecule has 0 saturated carbocycles. The van der Waals surface area contributed by atoms with E-state index in [4.69, 9.17) is 16.3 Å². The first-order valence-electron chi connectivity index (χ1n) is 9.54. The Bertz CT molecular complexity index is 936. The number of hydrogen-bond acceptors (Lipinski definition) is 4. The van der Waals surface area contributed by atoms with Crippen LogP contribution in [0.5, 0.6) is 0 Å². The molecule has 29 heavy (non-hydrogen) atoms. The van der Waals surface area contributed by atoms with E-state index in [1.54, 1.807) is 0 Å². The molecule has 0 spiro atoms. The summed E-state index contributed by atoms with van der Waals surface area (Å²) in [6.07, 6.45) is 0.376. The third kappa shape index (κ3) is 5.57. The number of ether oxygens (including phenoxy) is 1. The topological polar surface area (TPSA) is 75.7 Å². The molecule has 1 N–H and O–H groups in total. The number of carbonyl (C=O) groups excluding carboxylic acids is 1. The van der Waals surface area contributed by atoms with Gasteiger partial charge in [-0.15, -0.1) is 0 Å². The standard InChI is InChI=1S/C21H25ClN2O4S/c1-15-13-24(14-16(2)28-15)29(26,27)20-9-5-18(6-10-20)21(25)23-12-11-17-3-7-19(22)8-4-17/h3-10,15-16H,11-14H2,1-2H3,(H,23,25). The molecule has 2 atom stereocenters. The number of morpholine rings is 1. The van der Waals surface area contributed by atoms with Crippen molar-refractivity contribution in [2.24, 2.45) is 0 Å². The number of amides is 1. The predicted octanol–water partition coefficient (Wildman–Crippen LogP) is 3.11. The second-order valence-electron chi connectivity index (χ2n) is 7.24. The first kappa shape index (κ1) is 21.8. The molecule has 8 heteroatoms. The van der Waals surface area contributed by atoms with E-state index in [0.29, 0.717) is 36.6 Å². The summed E-state index contributed by atoms with van der Waals surface area (Å²) in [4.78, 5) is 12.5. The molecule has 0 bridgehead atoms. The molecule has 1 saturated heterocycles. The summed E-state index contributed by atoms with van der Waals surface area (Å²) in [6.45, 7) is 4.83. The Balaban J connectivity index is 1.60. The molecule has 1 fully saturated rings. The van der Waals surface area contributed by atoms with Gasteiger partial charge in [0.1, 0.15) is 0 Å². The Morgan fingerprint density at radius 3 is 2.24 bits per heavy atom. The minimum Gasteiger partial charge on any atom is -0.373 e. The van der Waals surface area contributed by atoms with Crippen molar-refractivity contribution in [2.75, 3.05) is 19.6 Å². The van der Waals surface area contributed by atoms with Crippen LogP contribution in [0, 0.1) is 0 Å². The highest BCUT2D eigenvalue weighted by atomic mass is 35.5. The summed E-state index contributed by atoms with van der Waals surface area (Å²) in [5, 5.41) is 3.52. The van der Waals surface area contributed by atoms with Crippen LogP contribution >= 0.6 is 11.6 Å². The Morgan fingerprint density at radius 2 is 1.66 bits per heavy atom. The Labute approximate surface area is 176 Å². The van der Waals surface area contributed by atoms with Crippen LogP contribution in [0.3, 0.4) is 0 Å². The minimum atomic E-state index is -3.62. The van der Waals surface area contributed by atoms with Gasteiger partial charge in [0.15, 0.2) is 0 Å². The van der Waals surface area contributed by atoms with Gasteiger partial charge in [-0.05, 0) is 62.2 Å². The van der Waals surface area contributed by atoms with E-state index < -0.39 is 10.0 Å². The summed E-state index contributed by atoms with van der Waals surface area (Å²) >= 11 is 5.86. The van der Waals surface area contributed by atoms with Gasteiger partial charge >= 0.3 is 0 Å². The normalized spacial score (nSPS) is 20.4. The zero-order valence-corrected chi connectivity index (χ0v) is 18.0. The number of halogens is 1. The van der Waals surface area contributed by atoms with Crippen molar-refractivity contribution in [2.45, 2.75) is 37.4 Å². The maximum atomic E-state index is 12.9. The van der Waals surface area contributed by atoms with E-state index in [1.807, 2.05) is 38.1 Å². The van der Waals surface area contributed by atoms with Crippen molar-refractivity contribution in [1.82, 2.24) is 9.62 Å². The summed E-state index contributed by atoms with van der Waals surface area (Å²) in [5.74, 6) is -0.239. The molecule has 1 amide bonds. The zero-order valence-electron chi connectivity index (χ0n) is 16.5. The molecule has 1 heterocycles. The fraction of sp³-hybridized carbons (Fsp3) is 0.381. The van der Waals surface area contributed by atoms with Crippen LogP contribution < -0.4 is 5.32 Å². The second-order valence-corrected chi connectivity index (χ2v) is 9.61. The number of rotatable bonds is 6. The molecule has 6 nitrogen and oxygen atoms in total. The average Bonchev–Trinajstić information content (AvgIpc) is 2.69. The van der Waals surface area contributed by atoms with Gasteiger partial charge in [0, 0.05) is 30.2 Å². The Hall–Kier alpha value is -1.93. The van der Waals surface area contributed by atoms with Gasteiger partial charge in [0.2, 0.25) is 10.0 Å². The van der Waals surface area contributed by atoms with E-state index in [0.717, 1.165) is 5.56 Å². The molecule has 2 aromatic carbocycles. The fourth-order valence-electron chi connectivity index (χ4n) is 3.33. The third-order valence-corrected chi connectivity index (χ3v) is 6.85. The van der Waals surface area contributed by atoms with E-state index in [-0.39, 0.29) is 23.0 Å². The monoisotopic (exact) mass is 436 g/mol. The summed E-state index contributed by atoms with van der Waals surface area (Å²) in [7, 11) is -3.62. The number of hydrogen-bond donors (Lipinski definition) is 1. The highest BCUT2D eigenvalue weighted by Crippen LogP contribution is 2.21. The van der Waals surface area contributed by atoms with Crippen molar-refractivity contribution in [3.63, 3.8) is 0 Å². The van der Waals surface area contributed by atoms with E-state index in [9.17, 15) is 13.2 Å². The first-order valence-corrected chi connectivity index (χ1v) is 11.4. The van der Waals surface area contributed by atoms with Crippen LogP contribution in [0.25, 0.3) is 0 Å². The van der Waals surface area contributed by atoms with Crippen molar-refractivity contribution in [3.05, 3.63) is 64.7 Å². The molecule has 0 radical (unpaired) electrons. The van der Waals surface area contributed by atoms with Crippen LogP contribution in [0.4, 0.5) is 0 Å². The van der Waals surface area contributed by atoms with Crippen LogP contribution in [0.2, 0.25) is 5.02 Å². The maximum Gasteiger partial charge on any atom is 0.251 e. The van der Waals surface area contributed by atoms with Crippen LogP contribution in [0.15, 0.2) is 53.4 Å². The quantitative estimate of drug-likeness (QED) is 0.754. The molecule has 0 aliphatic carbocycles. The van der Waals surface area contributed by atoms with E-state index >= 15 is 0 Å². The molecule has 0 aromatic heterocycles. The zero-order chi connectivity index (χ0) is 21.0. The number of carbonyl (C=O) groups is 1. The largest absolute Gasteiger partial charge is 0.373 e. The van der Waals surface area contributed by atoms with E-state index in [1.165, 1.54) is 28.6 Å².